The van der Waals surface area contributed by atoms with Crippen LogP contribution in [0.4, 0.5) is 5.69 Å². The molecular weight excluding hydrogens is 352 g/mol. The highest BCUT2D eigenvalue weighted by Crippen LogP contribution is 2.30. The average molecular weight is 373 g/mol. The minimum Gasteiger partial charge on any atom is -0.456 e. The van der Waals surface area contributed by atoms with Crippen molar-refractivity contribution in [2.75, 3.05) is 24.2 Å². The van der Waals surface area contributed by atoms with Crippen LogP contribution >= 0.6 is 24.0 Å². The van der Waals surface area contributed by atoms with Gasteiger partial charge in [0.1, 0.15) is 15.5 Å². The number of hydrogen-bond acceptors (Lipinski definition) is 4. The molecule has 0 radical (unpaired) electrons. The molecule has 130 valence electrons. The first-order chi connectivity index (χ1) is 12.1. The fourth-order valence-corrected chi connectivity index (χ4v) is 3.90. The van der Waals surface area contributed by atoms with E-state index in [1.54, 1.807) is 0 Å². The molecule has 1 aromatic heterocycles. The molecule has 6 heteroatoms. The largest absolute Gasteiger partial charge is 0.456 e. The van der Waals surface area contributed by atoms with E-state index < -0.39 is 0 Å². The zero-order chi connectivity index (χ0) is 17.8. The van der Waals surface area contributed by atoms with Crippen molar-refractivity contribution < 1.29 is 9.21 Å². The van der Waals surface area contributed by atoms with Gasteiger partial charge in [0.2, 0.25) is 5.91 Å². The van der Waals surface area contributed by atoms with E-state index >= 15 is 0 Å². The van der Waals surface area contributed by atoms with Crippen LogP contribution in [-0.4, -0.2) is 34.0 Å². The molecule has 0 fully saturated rings. The topological polar surface area (TPSA) is 45.5 Å². The number of para-hydroxylation sites is 1. The number of carbonyl (C=O) groups is 1. The molecule has 1 N–H and O–H groups in total. The van der Waals surface area contributed by atoms with Crippen molar-refractivity contribution in [1.29, 1.82) is 0 Å². The fourth-order valence-electron chi connectivity index (χ4n) is 2.70. The third kappa shape index (κ3) is 3.96. The molecule has 4 nitrogen and oxygen atoms in total. The van der Waals surface area contributed by atoms with Gasteiger partial charge in [-0.15, -0.1) is 0 Å². The van der Waals surface area contributed by atoms with E-state index in [9.17, 15) is 4.79 Å². The van der Waals surface area contributed by atoms with E-state index in [-0.39, 0.29) is 5.91 Å². The molecule has 0 bridgehead atoms. The lowest BCUT2D eigenvalue weighted by Gasteiger charge is -2.20. The van der Waals surface area contributed by atoms with E-state index in [2.05, 4.69) is 24.1 Å². The third-order valence-electron chi connectivity index (χ3n) is 4.01. The molecule has 0 atom stereocenters. The summed E-state index contributed by atoms with van der Waals surface area (Å²) >= 11 is 6.75. The Morgan fingerprint density at radius 3 is 2.60 bits per heavy atom. The second-order valence-corrected chi connectivity index (χ2v) is 7.19. The van der Waals surface area contributed by atoms with Crippen LogP contribution in [0.2, 0.25) is 0 Å². The van der Waals surface area contributed by atoms with Crippen LogP contribution < -0.4 is 5.32 Å². The van der Waals surface area contributed by atoms with Crippen LogP contribution in [0, 0.1) is 0 Å². The number of anilines is 1. The lowest BCUT2D eigenvalue weighted by molar-refractivity contribution is -0.113. The maximum Gasteiger partial charge on any atom is 0.234 e. The first-order valence-corrected chi connectivity index (χ1v) is 9.64. The molecule has 25 heavy (non-hydrogen) atoms. The molecule has 0 spiro atoms. The summed E-state index contributed by atoms with van der Waals surface area (Å²) in [6, 6.07) is 13.6. The Bertz CT molecular complexity index is 916. The van der Waals surface area contributed by atoms with E-state index in [0.29, 0.717) is 5.75 Å². The normalized spacial score (nSPS) is 11.0. The van der Waals surface area contributed by atoms with Crippen molar-refractivity contribution in [2.45, 2.75) is 13.8 Å². The number of nitrogens with zero attached hydrogens (tertiary/aromatic N) is 1. The Balaban J connectivity index is 1.69. The number of carbonyl (C=O) groups excluding carboxylic acids is 1. The quantitative estimate of drug-likeness (QED) is 0.647. The van der Waals surface area contributed by atoms with Gasteiger partial charge in [0.05, 0.1) is 5.75 Å². The minimum atomic E-state index is -0.0633. The maximum absolute atomic E-state index is 12.2. The summed E-state index contributed by atoms with van der Waals surface area (Å²) in [5, 5.41) is 4.99. The molecule has 2 aromatic carbocycles. The number of thioether (sulfide) groups is 1. The summed E-state index contributed by atoms with van der Waals surface area (Å²) < 4.78 is 6.56. The summed E-state index contributed by atoms with van der Waals surface area (Å²) in [6.45, 7) is 5.82. The molecule has 1 amide bonds. The Labute approximate surface area is 156 Å². The smallest absolute Gasteiger partial charge is 0.234 e. The van der Waals surface area contributed by atoms with Crippen LogP contribution in [0.5, 0.6) is 0 Å². The maximum atomic E-state index is 12.2. The molecular formula is C19H20N2O2S2. The van der Waals surface area contributed by atoms with Gasteiger partial charge in [-0.2, -0.15) is 0 Å². The Hall–Kier alpha value is -2.05. The van der Waals surface area contributed by atoms with Gasteiger partial charge in [-0.3, -0.25) is 4.79 Å². The van der Waals surface area contributed by atoms with Crippen LogP contribution in [0.15, 0.2) is 46.9 Å². The molecule has 1 heterocycles. The number of fused-ring (bicyclic) bond motifs is 3. The van der Waals surface area contributed by atoms with Crippen molar-refractivity contribution in [2.24, 2.45) is 0 Å². The average Bonchev–Trinajstić information content (AvgIpc) is 2.99. The summed E-state index contributed by atoms with van der Waals surface area (Å²) in [6.07, 6.45) is 0. The highest BCUT2D eigenvalue weighted by molar-refractivity contribution is 8.23. The standard InChI is InChI=1S/C19H20N2O2S2/c1-3-21(4-2)19(24)25-12-18(22)20-13-9-10-17-15(11-13)14-7-5-6-8-16(14)23-17/h5-11H,3-4,12H2,1-2H3,(H,20,22). The van der Waals surface area contributed by atoms with Gasteiger partial charge in [0.15, 0.2) is 0 Å². The minimum absolute atomic E-state index is 0.0633. The third-order valence-corrected chi connectivity index (χ3v) is 5.53. The van der Waals surface area contributed by atoms with E-state index in [0.717, 1.165) is 45.0 Å². The van der Waals surface area contributed by atoms with E-state index in [4.69, 9.17) is 16.6 Å². The van der Waals surface area contributed by atoms with Crippen LogP contribution in [-0.2, 0) is 4.79 Å². The number of furan rings is 1. The fraction of sp³-hybridized carbons (Fsp3) is 0.263. The summed E-state index contributed by atoms with van der Waals surface area (Å²) in [4.78, 5) is 14.3. The molecule has 0 unspecified atom stereocenters. The van der Waals surface area contributed by atoms with E-state index in [1.807, 2.05) is 42.5 Å². The highest BCUT2D eigenvalue weighted by atomic mass is 32.2. The summed E-state index contributed by atoms with van der Waals surface area (Å²) in [5.74, 6) is 0.242. The lowest BCUT2D eigenvalue weighted by Crippen LogP contribution is -2.28. The monoisotopic (exact) mass is 372 g/mol. The van der Waals surface area contributed by atoms with Gasteiger partial charge >= 0.3 is 0 Å². The molecule has 0 aliphatic rings. The van der Waals surface area contributed by atoms with Gasteiger partial charge in [-0.1, -0.05) is 42.2 Å². The number of hydrogen-bond donors (Lipinski definition) is 1. The predicted molar refractivity (Wildman–Crippen MR) is 110 cm³/mol. The molecule has 0 aliphatic carbocycles. The first-order valence-electron chi connectivity index (χ1n) is 8.25. The van der Waals surface area contributed by atoms with Gasteiger partial charge in [0, 0.05) is 29.5 Å². The van der Waals surface area contributed by atoms with Crippen molar-refractivity contribution in [3.63, 3.8) is 0 Å². The van der Waals surface area contributed by atoms with Crippen molar-refractivity contribution in [3.8, 4) is 0 Å². The van der Waals surface area contributed by atoms with Crippen molar-refractivity contribution >= 4 is 61.8 Å². The van der Waals surface area contributed by atoms with Crippen molar-refractivity contribution in [1.82, 2.24) is 4.90 Å². The Morgan fingerprint density at radius 1 is 1.12 bits per heavy atom. The zero-order valence-corrected chi connectivity index (χ0v) is 15.9. The van der Waals surface area contributed by atoms with Crippen LogP contribution in [0.25, 0.3) is 21.9 Å². The second-order valence-electron chi connectivity index (χ2n) is 5.58. The zero-order valence-electron chi connectivity index (χ0n) is 14.2. The number of amides is 1. The SMILES string of the molecule is CCN(CC)C(=S)SCC(=O)Nc1ccc2oc3ccccc3c2c1. The highest BCUT2D eigenvalue weighted by Gasteiger charge is 2.11. The van der Waals surface area contributed by atoms with Crippen molar-refractivity contribution in [3.05, 3.63) is 42.5 Å². The van der Waals surface area contributed by atoms with E-state index in [1.165, 1.54) is 11.8 Å². The molecule has 0 saturated heterocycles. The Kier molecular flexibility index (Phi) is 5.60. The number of benzene rings is 2. The molecule has 0 aliphatic heterocycles. The van der Waals surface area contributed by atoms with Gasteiger partial charge < -0.3 is 14.6 Å². The van der Waals surface area contributed by atoms with Gasteiger partial charge in [-0.25, -0.2) is 0 Å². The number of rotatable bonds is 5. The molecule has 3 rings (SSSR count). The molecule has 0 saturated carbocycles. The van der Waals surface area contributed by atoms with Gasteiger partial charge in [-0.05, 0) is 38.1 Å². The van der Waals surface area contributed by atoms with Crippen LogP contribution in [0.3, 0.4) is 0 Å². The van der Waals surface area contributed by atoms with Gasteiger partial charge in [0.25, 0.3) is 0 Å². The predicted octanol–water partition coefficient (Wildman–Crippen LogP) is 4.88. The lowest BCUT2D eigenvalue weighted by atomic mass is 10.1. The van der Waals surface area contributed by atoms with Crippen LogP contribution in [0.1, 0.15) is 13.8 Å². The number of thiocarbonyl (C=S) groups is 1. The number of nitrogens with one attached hydrogen (secondary N) is 1. The molecule has 3 aromatic rings. The summed E-state index contributed by atoms with van der Waals surface area (Å²) in [7, 11) is 0. The Morgan fingerprint density at radius 2 is 1.84 bits per heavy atom. The second kappa shape index (κ2) is 7.89. The summed E-state index contributed by atoms with van der Waals surface area (Å²) in [5.41, 5.74) is 2.43. The first kappa shape index (κ1) is 17.8.